The van der Waals surface area contributed by atoms with E-state index in [0.717, 1.165) is 8.66 Å². The van der Waals surface area contributed by atoms with E-state index in [1.807, 2.05) is 31.2 Å². The average molecular weight is 429 g/mol. The standard InChI is InChI=1S/C20H17BrN2O2S/c1-14(17-12-13-18(21)26-17)22-23-19(24)20(25,15-8-4-2-5-9-15)16-10-6-3-7-11-16/h2-13,25H,1H3,(H,23,24)/b22-14+. The summed E-state index contributed by atoms with van der Waals surface area (Å²) in [5.41, 5.74) is 2.32. The van der Waals surface area contributed by atoms with Gasteiger partial charge in [0.25, 0.3) is 5.91 Å². The van der Waals surface area contributed by atoms with Crippen molar-refractivity contribution in [3.63, 3.8) is 0 Å². The van der Waals surface area contributed by atoms with E-state index in [1.165, 1.54) is 11.3 Å². The molecule has 2 N–H and O–H groups in total. The molecule has 3 aromatic rings. The average Bonchev–Trinajstić information content (AvgIpc) is 3.13. The Morgan fingerprint density at radius 3 is 2.00 bits per heavy atom. The van der Waals surface area contributed by atoms with Crippen LogP contribution in [0, 0.1) is 0 Å². The third-order valence-corrected chi connectivity index (χ3v) is 5.70. The smallest absolute Gasteiger partial charge is 0.281 e. The Kier molecular flexibility index (Phi) is 5.66. The Hall–Kier alpha value is -2.28. The number of nitrogens with one attached hydrogen (secondary N) is 1. The Morgan fingerprint density at radius 1 is 1.00 bits per heavy atom. The maximum Gasteiger partial charge on any atom is 0.281 e. The molecule has 1 aromatic heterocycles. The number of benzene rings is 2. The minimum atomic E-state index is -1.83. The number of aliphatic hydroxyl groups is 1. The predicted molar refractivity (Wildman–Crippen MR) is 108 cm³/mol. The van der Waals surface area contributed by atoms with E-state index in [1.54, 1.807) is 48.5 Å². The molecule has 4 nitrogen and oxygen atoms in total. The van der Waals surface area contributed by atoms with E-state index < -0.39 is 11.5 Å². The molecule has 0 saturated carbocycles. The zero-order valence-corrected chi connectivity index (χ0v) is 16.4. The number of carbonyl (C=O) groups excluding carboxylic acids is 1. The van der Waals surface area contributed by atoms with E-state index in [9.17, 15) is 9.90 Å². The molecule has 26 heavy (non-hydrogen) atoms. The highest BCUT2D eigenvalue weighted by Crippen LogP contribution is 2.30. The molecule has 0 unspecified atom stereocenters. The van der Waals surface area contributed by atoms with Crippen LogP contribution in [-0.2, 0) is 10.4 Å². The molecule has 0 radical (unpaired) electrons. The van der Waals surface area contributed by atoms with Crippen LogP contribution < -0.4 is 5.43 Å². The van der Waals surface area contributed by atoms with Gasteiger partial charge in [-0.05, 0) is 46.1 Å². The van der Waals surface area contributed by atoms with Crippen LogP contribution in [0.15, 0.2) is 81.7 Å². The first-order chi connectivity index (χ1) is 12.5. The molecule has 1 amide bonds. The van der Waals surface area contributed by atoms with Gasteiger partial charge >= 0.3 is 0 Å². The third-order valence-electron chi connectivity index (χ3n) is 3.97. The second-order valence-electron chi connectivity index (χ2n) is 5.68. The minimum absolute atomic E-state index is 0.482. The maximum atomic E-state index is 12.9. The topological polar surface area (TPSA) is 61.7 Å². The van der Waals surface area contributed by atoms with Crippen LogP contribution in [0.4, 0.5) is 0 Å². The van der Waals surface area contributed by atoms with Gasteiger partial charge in [-0.2, -0.15) is 5.10 Å². The molecule has 0 saturated heterocycles. The number of carbonyl (C=O) groups is 1. The molecule has 3 rings (SSSR count). The van der Waals surface area contributed by atoms with Gasteiger partial charge < -0.3 is 5.11 Å². The molecule has 0 bridgehead atoms. The SMILES string of the molecule is C/C(=N\NC(=O)C(O)(c1ccccc1)c1ccccc1)c1ccc(Br)s1. The quantitative estimate of drug-likeness (QED) is 0.470. The van der Waals surface area contributed by atoms with Crippen molar-refractivity contribution in [3.8, 4) is 0 Å². The summed E-state index contributed by atoms with van der Waals surface area (Å²) in [5.74, 6) is -0.607. The van der Waals surface area contributed by atoms with Gasteiger partial charge in [0.05, 0.1) is 14.4 Å². The highest BCUT2D eigenvalue weighted by Gasteiger charge is 2.39. The second kappa shape index (κ2) is 7.95. The number of hydrogen-bond acceptors (Lipinski definition) is 4. The van der Waals surface area contributed by atoms with Gasteiger partial charge in [0.1, 0.15) is 0 Å². The first kappa shape index (κ1) is 18.5. The molecule has 0 spiro atoms. The third kappa shape index (κ3) is 3.77. The molecule has 0 atom stereocenters. The van der Waals surface area contributed by atoms with E-state index in [-0.39, 0.29) is 0 Å². The second-order valence-corrected chi connectivity index (χ2v) is 8.15. The Balaban J connectivity index is 1.94. The summed E-state index contributed by atoms with van der Waals surface area (Å²) in [5, 5.41) is 15.5. The van der Waals surface area contributed by atoms with Crippen molar-refractivity contribution in [1.29, 1.82) is 0 Å². The molecule has 0 aliphatic carbocycles. The summed E-state index contributed by atoms with van der Waals surface area (Å²) >= 11 is 4.93. The van der Waals surface area contributed by atoms with E-state index in [4.69, 9.17) is 0 Å². The van der Waals surface area contributed by atoms with Crippen LogP contribution in [0.3, 0.4) is 0 Å². The van der Waals surface area contributed by atoms with Crippen LogP contribution in [-0.4, -0.2) is 16.7 Å². The number of nitrogens with zero attached hydrogens (tertiary/aromatic N) is 1. The van der Waals surface area contributed by atoms with Crippen molar-refractivity contribution in [2.75, 3.05) is 0 Å². The van der Waals surface area contributed by atoms with Crippen LogP contribution in [0.25, 0.3) is 0 Å². The van der Waals surface area contributed by atoms with Gasteiger partial charge in [-0.1, -0.05) is 60.7 Å². The predicted octanol–water partition coefficient (Wildman–Crippen LogP) is 4.29. The fraction of sp³-hybridized carbons (Fsp3) is 0.100. The van der Waals surface area contributed by atoms with Crippen LogP contribution >= 0.6 is 27.3 Å². The molecule has 6 heteroatoms. The number of hydrazone groups is 1. The fourth-order valence-electron chi connectivity index (χ4n) is 2.57. The van der Waals surface area contributed by atoms with Crippen molar-refractivity contribution >= 4 is 38.9 Å². The van der Waals surface area contributed by atoms with Gasteiger partial charge in [0.15, 0.2) is 5.60 Å². The zero-order chi connectivity index (χ0) is 18.6. The lowest BCUT2D eigenvalue weighted by Crippen LogP contribution is -2.43. The molecule has 2 aromatic carbocycles. The van der Waals surface area contributed by atoms with Crippen molar-refractivity contribution in [3.05, 3.63) is 92.6 Å². The molecule has 132 valence electrons. The number of thiophene rings is 1. The summed E-state index contributed by atoms with van der Waals surface area (Å²) in [7, 11) is 0. The number of rotatable bonds is 5. The lowest BCUT2D eigenvalue weighted by atomic mass is 9.85. The van der Waals surface area contributed by atoms with E-state index in [2.05, 4.69) is 26.5 Å². The van der Waals surface area contributed by atoms with Crippen molar-refractivity contribution in [2.45, 2.75) is 12.5 Å². The monoisotopic (exact) mass is 428 g/mol. The molecule has 0 aliphatic heterocycles. The highest BCUT2D eigenvalue weighted by atomic mass is 79.9. The number of halogens is 1. The maximum absolute atomic E-state index is 12.9. The number of amides is 1. The summed E-state index contributed by atoms with van der Waals surface area (Å²) in [6.07, 6.45) is 0. The molecular weight excluding hydrogens is 412 g/mol. The highest BCUT2D eigenvalue weighted by molar-refractivity contribution is 9.11. The van der Waals surface area contributed by atoms with E-state index >= 15 is 0 Å². The van der Waals surface area contributed by atoms with Crippen molar-refractivity contribution < 1.29 is 9.90 Å². The van der Waals surface area contributed by atoms with Crippen LogP contribution in [0.2, 0.25) is 0 Å². The van der Waals surface area contributed by atoms with Crippen LogP contribution in [0.5, 0.6) is 0 Å². The first-order valence-corrected chi connectivity index (χ1v) is 9.56. The van der Waals surface area contributed by atoms with E-state index in [0.29, 0.717) is 16.8 Å². The lowest BCUT2D eigenvalue weighted by molar-refractivity contribution is -0.136. The molecule has 1 heterocycles. The minimum Gasteiger partial charge on any atom is -0.372 e. The Labute approximate surface area is 164 Å². The van der Waals surface area contributed by atoms with Gasteiger partial charge in [-0.3, -0.25) is 4.79 Å². The van der Waals surface area contributed by atoms with Crippen LogP contribution in [0.1, 0.15) is 22.9 Å². The van der Waals surface area contributed by atoms with Gasteiger partial charge in [0, 0.05) is 0 Å². The lowest BCUT2D eigenvalue weighted by Gasteiger charge is -2.27. The molecular formula is C20H17BrN2O2S. The summed E-state index contributed by atoms with van der Waals surface area (Å²) < 4.78 is 0.985. The van der Waals surface area contributed by atoms with Crippen molar-refractivity contribution in [2.24, 2.45) is 5.10 Å². The zero-order valence-electron chi connectivity index (χ0n) is 14.0. The van der Waals surface area contributed by atoms with Gasteiger partial charge in [-0.25, -0.2) is 5.43 Å². The normalized spacial score (nSPS) is 12.0. The summed E-state index contributed by atoms with van der Waals surface area (Å²) in [6, 6.07) is 21.5. The molecule has 0 aliphatic rings. The fourth-order valence-corrected chi connectivity index (χ4v) is 3.90. The number of hydrogen-bond donors (Lipinski definition) is 2. The molecule has 0 fully saturated rings. The van der Waals surface area contributed by atoms with Gasteiger partial charge in [-0.15, -0.1) is 11.3 Å². The van der Waals surface area contributed by atoms with Crippen molar-refractivity contribution in [1.82, 2.24) is 5.43 Å². The Bertz CT molecular complexity index is 884. The first-order valence-electron chi connectivity index (χ1n) is 7.95. The summed E-state index contributed by atoms with van der Waals surface area (Å²) in [6.45, 7) is 1.81. The summed E-state index contributed by atoms with van der Waals surface area (Å²) in [4.78, 5) is 13.9. The Morgan fingerprint density at radius 2 is 1.54 bits per heavy atom. The van der Waals surface area contributed by atoms with Gasteiger partial charge in [0.2, 0.25) is 0 Å². The largest absolute Gasteiger partial charge is 0.372 e.